The molecule has 1 amide bonds. The van der Waals surface area contributed by atoms with E-state index in [9.17, 15) is 4.79 Å². The van der Waals surface area contributed by atoms with Crippen LogP contribution in [0.15, 0.2) is 46.3 Å². The topological polar surface area (TPSA) is 35.6 Å². The number of hydrogen-bond acceptors (Lipinski definition) is 4. The lowest BCUT2D eigenvalue weighted by Gasteiger charge is -2.34. The van der Waals surface area contributed by atoms with Crippen molar-refractivity contribution >= 4 is 38.9 Å². The summed E-state index contributed by atoms with van der Waals surface area (Å²) in [5.41, 5.74) is 0.970. The van der Waals surface area contributed by atoms with Crippen molar-refractivity contribution in [1.29, 1.82) is 0 Å². The molecule has 1 aromatic carbocycles. The van der Waals surface area contributed by atoms with Crippen molar-refractivity contribution in [3.63, 3.8) is 0 Å². The summed E-state index contributed by atoms with van der Waals surface area (Å²) in [7, 11) is 0. The fourth-order valence-corrected chi connectivity index (χ4v) is 3.65. The summed E-state index contributed by atoms with van der Waals surface area (Å²) in [6, 6.07) is 12.1. The van der Waals surface area contributed by atoms with Gasteiger partial charge >= 0.3 is 0 Å². The van der Waals surface area contributed by atoms with Crippen LogP contribution in [-0.4, -0.2) is 48.4 Å². The number of nitrogens with one attached hydrogen (secondary N) is 1. The van der Waals surface area contributed by atoms with Gasteiger partial charge in [0.1, 0.15) is 0 Å². The summed E-state index contributed by atoms with van der Waals surface area (Å²) in [4.78, 5) is 18.1. The molecule has 122 valence electrons. The molecule has 6 heteroatoms. The average molecular weight is 394 g/mol. The van der Waals surface area contributed by atoms with Gasteiger partial charge in [0.05, 0.1) is 6.54 Å². The summed E-state index contributed by atoms with van der Waals surface area (Å²) >= 11 is 5.20. The second-order valence-corrected chi connectivity index (χ2v) is 7.54. The summed E-state index contributed by atoms with van der Waals surface area (Å²) in [5, 5.41) is 5.31. The first kappa shape index (κ1) is 16.5. The Labute approximate surface area is 149 Å². The van der Waals surface area contributed by atoms with Crippen LogP contribution in [0.3, 0.4) is 0 Å². The number of benzene rings is 1. The highest BCUT2D eigenvalue weighted by molar-refractivity contribution is 9.10. The Morgan fingerprint density at radius 1 is 1.13 bits per heavy atom. The van der Waals surface area contributed by atoms with Gasteiger partial charge in [-0.05, 0) is 35.7 Å². The number of carbonyl (C=O) groups is 1. The van der Waals surface area contributed by atoms with Gasteiger partial charge in [0, 0.05) is 47.8 Å². The van der Waals surface area contributed by atoms with Crippen LogP contribution in [0.4, 0.5) is 5.69 Å². The lowest BCUT2D eigenvalue weighted by atomic mass is 10.3. The van der Waals surface area contributed by atoms with E-state index in [1.165, 1.54) is 4.88 Å². The van der Waals surface area contributed by atoms with Crippen LogP contribution in [-0.2, 0) is 11.3 Å². The molecule has 0 bridgehead atoms. The smallest absolute Gasteiger partial charge is 0.241 e. The molecular weight excluding hydrogens is 374 g/mol. The molecule has 23 heavy (non-hydrogen) atoms. The molecule has 1 saturated heterocycles. The summed E-state index contributed by atoms with van der Waals surface area (Å²) in [6.45, 7) is 4.87. The number of rotatable bonds is 5. The zero-order valence-electron chi connectivity index (χ0n) is 12.9. The maximum atomic E-state index is 12.3. The van der Waals surface area contributed by atoms with Crippen LogP contribution in [0.1, 0.15) is 4.88 Å². The Hall–Kier alpha value is -1.37. The molecule has 0 radical (unpaired) electrons. The number of amides is 1. The first-order chi connectivity index (χ1) is 11.2. The molecule has 2 aromatic rings. The third-order valence-electron chi connectivity index (χ3n) is 3.97. The van der Waals surface area contributed by atoms with E-state index in [2.05, 4.69) is 43.7 Å². The van der Waals surface area contributed by atoms with E-state index in [4.69, 9.17) is 0 Å². The van der Waals surface area contributed by atoms with Crippen molar-refractivity contribution in [2.75, 3.05) is 38.0 Å². The van der Waals surface area contributed by atoms with E-state index >= 15 is 0 Å². The standard InChI is InChI=1S/C17H20BrN3OS/c18-14-3-5-15(6-4-14)19-12-17(22)21-9-7-20(8-10-21)13-16-2-1-11-23-16/h1-6,11,19H,7-10,12-13H2. The zero-order chi connectivity index (χ0) is 16.1. The van der Waals surface area contributed by atoms with E-state index in [-0.39, 0.29) is 5.91 Å². The number of anilines is 1. The molecule has 0 saturated carbocycles. The number of nitrogens with zero attached hydrogens (tertiary/aromatic N) is 2. The number of halogens is 1. The molecule has 0 unspecified atom stereocenters. The third kappa shape index (κ3) is 4.80. The Bertz CT molecular complexity index is 622. The fraction of sp³-hybridized carbons (Fsp3) is 0.353. The van der Waals surface area contributed by atoms with Crippen LogP contribution in [0.2, 0.25) is 0 Å². The summed E-state index contributed by atoms with van der Waals surface area (Å²) < 4.78 is 1.04. The Balaban J connectivity index is 1.42. The van der Waals surface area contributed by atoms with Crippen molar-refractivity contribution in [2.24, 2.45) is 0 Å². The molecule has 0 atom stereocenters. The largest absolute Gasteiger partial charge is 0.376 e. The molecule has 1 fully saturated rings. The first-order valence-electron chi connectivity index (χ1n) is 7.73. The molecule has 1 aliphatic heterocycles. The first-order valence-corrected chi connectivity index (χ1v) is 9.40. The van der Waals surface area contributed by atoms with E-state index in [0.29, 0.717) is 6.54 Å². The Morgan fingerprint density at radius 3 is 2.52 bits per heavy atom. The molecule has 3 rings (SSSR count). The van der Waals surface area contributed by atoms with Crippen LogP contribution >= 0.6 is 27.3 Å². The normalized spacial score (nSPS) is 15.6. The molecule has 4 nitrogen and oxygen atoms in total. The highest BCUT2D eigenvalue weighted by Gasteiger charge is 2.20. The molecule has 0 aliphatic carbocycles. The van der Waals surface area contributed by atoms with Crippen LogP contribution in [0.5, 0.6) is 0 Å². The Morgan fingerprint density at radius 2 is 1.87 bits per heavy atom. The maximum Gasteiger partial charge on any atom is 0.241 e. The van der Waals surface area contributed by atoms with Gasteiger partial charge in [-0.1, -0.05) is 22.0 Å². The van der Waals surface area contributed by atoms with Crippen molar-refractivity contribution in [2.45, 2.75) is 6.54 Å². The van der Waals surface area contributed by atoms with Crippen molar-refractivity contribution in [1.82, 2.24) is 9.80 Å². The number of piperazine rings is 1. The van der Waals surface area contributed by atoms with Crippen molar-refractivity contribution < 1.29 is 4.79 Å². The van der Waals surface area contributed by atoms with Gasteiger partial charge in [-0.25, -0.2) is 0 Å². The van der Waals surface area contributed by atoms with Crippen molar-refractivity contribution in [3.05, 3.63) is 51.1 Å². The molecule has 0 spiro atoms. The predicted molar refractivity (Wildman–Crippen MR) is 98.8 cm³/mol. The van der Waals surface area contributed by atoms with E-state index < -0.39 is 0 Å². The fourth-order valence-electron chi connectivity index (χ4n) is 2.64. The molecule has 2 heterocycles. The second kappa shape index (κ2) is 7.95. The predicted octanol–water partition coefficient (Wildman–Crippen LogP) is 3.27. The van der Waals surface area contributed by atoms with Gasteiger partial charge < -0.3 is 10.2 Å². The maximum absolute atomic E-state index is 12.3. The van der Waals surface area contributed by atoms with E-state index in [0.717, 1.165) is 42.9 Å². The van der Waals surface area contributed by atoms with Crippen LogP contribution in [0, 0.1) is 0 Å². The van der Waals surface area contributed by atoms with Gasteiger partial charge in [-0.15, -0.1) is 11.3 Å². The lowest BCUT2D eigenvalue weighted by molar-refractivity contribution is -0.131. The quantitative estimate of drug-likeness (QED) is 0.846. The molecule has 1 aliphatic rings. The third-order valence-corrected chi connectivity index (χ3v) is 5.36. The van der Waals surface area contributed by atoms with Crippen LogP contribution in [0.25, 0.3) is 0 Å². The minimum Gasteiger partial charge on any atom is -0.376 e. The van der Waals surface area contributed by atoms with Gasteiger partial charge in [-0.3, -0.25) is 9.69 Å². The number of thiophene rings is 1. The minimum absolute atomic E-state index is 0.170. The summed E-state index contributed by atoms with van der Waals surface area (Å²) in [6.07, 6.45) is 0. The molecular formula is C17H20BrN3OS. The van der Waals surface area contributed by atoms with E-state index in [1.54, 1.807) is 11.3 Å². The highest BCUT2D eigenvalue weighted by atomic mass is 79.9. The zero-order valence-corrected chi connectivity index (χ0v) is 15.3. The van der Waals surface area contributed by atoms with Gasteiger partial charge in [-0.2, -0.15) is 0 Å². The molecule has 1 N–H and O–H groups in total. The highest BCUT2D eigenvalue weighted by Crippen LogP contribution is 2.15. The van der Waals surface area contributed by atoms with Crippen molar-refractivity contribution in [3.8, 4) is 0 Å². The van der Waals surface area contributed by atoms with Gasteiger partial charge in [0.25, 0.3) is 0 Å². The number of hydrogen-bond donors (Lipinski definition) is 1. The van der Waals surface area contributed by atoms with Crippen LogP contribution < -0.4 is 5.32 Å². The summed E-state index contributed by atoms with van der Waals surface area (Å²) in [5.74, 6) is 0.170. The van der Waals surface area contributed by atoms with Gasteiger partial charge in [0.15, 0.2) is 0 Å². The molecule has 1 aromatic heterocycles. The van der Waals surface area contributed by atoms with Gasteiger partial charge in [0.2, 0.25) is 5.91 Å². The lowest BCUT2D eigenvalue weighted by Crippen LogP contribution is -2.49. The minimum atomic E-state index is 0.170. The Kier molecular flexibility index (Phi) is 5.70. The average Bonchev–Trinajstić information content (AvgIpc) is 3.08. The monoisotopic (exact) mass is 393 g/mol. The van der Waals surface area contributed by atoms with E-state index in [1.807, 2.05) is 29.2 Å². The second-order valence-electron chi connectivity index (χ2n) is 5.60. The number of carbonyl (C=O) groups excluding carboxylic acids is 1. The SMILES string of the molecule is O=C(CNc1ccc(Br)cc1)N1CCN(Cc2cccs2)CC1.